The van der Waals surface area contributed by atoms with Crippen LogP contribution in [0.1, 0.15) is 46.8 Å². The number of phenols is 1. The molecule has 3 heterocycles. The number of allylic oxidation sites excluding steroid dienone is 2. The number of rotatable bonds is 8. The van der Waals surface area contributed by atoms with Crippen LogP contribution in [0.25, 0.3) is 11.3 Å². The van der Waals surface area contributed by atoms with E-state index in [2.05, 4.69) is 15.3 Å². The predicted molar refractivity (Wildman–Crippen MR) is 129 cm³/mol. The second-order valence-electron chi connectivity index (χ2n) is 7.99. The first kappa shape index (κ1) is 23.4. The van der Waals surface area contributed by atoms with Gasteiger partial charge in [0.2, 0.25) is 5.91 Å². The number of cyclic esters (lactones) is 1. The number of esters is 1. The zero-order valence-corrected chi connectivity index (χ0v) is 20.0. The van der Waals surface area contributed by atoms with Crippen LogP contribution in [0, 0.1) is 6.92 Å². The number of phenolic OH excluding ortho intramolecular Hbond substituents is 1. The number of aromatic nitrogens is 2. The minimum absolute atomic E-state index is 0.101. The highest BCUT2D eigenvalue weighted by atomic mass is 32.1. The summed E-state index contributed by atoms with van der Waals surface area (Å²) in [6.07, 6.45) is 6.54. The molecular formula is C25H25N3O5S. The Hall–Kier alpha value is -3.72. The molecule has 1 amide bonds. The lowest BCUT2D eigenvalue weighted by atomic mass is 9.94. The molecule has 34 heavy (non-hydrogen) atoms. The van der Waals surface area contributed by atoms with Crippen molar-refractivity contribution in [2.75, 3.05) is 12.4 Å². The molecule has 1 aromatic carbocycles. The number of carbonyl (C=O) groups excluding carboxylic acids is 2. The number of anilines is 1. The van der Waals surface area contributed by atoms with Gasteiger partial charge in [-0.2, -0.15) is 0 Å². The van der Waals surface area contributed by atoms with Crippen LogP contribution in [0.4, 0.5) is 5.13 Å². The number of methoxy groups -OCH3 is 1. The van der Waals surface area contributed by atoms with E-state index in [1.165, 1.54) is 18.4 Å². The zero-order valence-electron chi connectivity index (χ0n) is 19.2. The average molecular weight is 480 g/mol. The first-order valence-electron chi connectivity index (χ1n) is 10.8. The number of hydrogen-bond acceptors (Lipinski definition) is 8. The maximum Gasteiger partial charge on any atom is 0.342 e. The molecule has 0 fully saturated rings. The molecule has 9 heteroatoms. The molecular weight excluding hydrogens is 454 g/mol. The van der Waals surface area contributed by atoms with Gasteiger partial charge in [-0.05, 0) is 44.4 Å². The first-order chi connectivity index (χ1) is 16.4. The topological polar surface area (TPSA) is 111 Å². The Morgan fingerprint density at radius 2 is 2.09 bits per heavy atom. The molecule has 3 aromatic rings. The van der Waals surface area contributed by atoms with Gasteiger partial charge in [-0.1, -0.05) is 11.6 Å². The van der Waals surface area contributed by atoms with Gasteiger partial charge in [-0.25, -0.2) is 9.78 Å². The van der Waals surface area contributed by atoms with Gasteiger partial charge in [0, 0.05) is 40.9 Å². The summed E-state index contributed by atoms with van der Waals surface area (Å²) in [6.45, 7) is 3.91. The summed E-state index contributed by atoms with van der Waals surface area (Å²) in [5.74, 6) is -0.202. The quantitative estimate of drug-likeness (QED) is 0.352. The largest absolute Gasteiger partial charge is 0.507 e. The summed E-state index contributed by atoms with van der Waals surface area (Å²) >= 11 is 1.37. The molecule has 2 N–H and O–H groups in total. The van der Waals surface area contributed by atoms with Crippen molar-refractivity contribution < 1.29 is 24.2 Å². The normalized spacial score (nSPS) is 12.9. The fourth-order valence-electron chi connectivity index (χ4n) is 3.89. The van der Waals surface area contributed by atoms with E-state index < -0.39 is 5.97 Å². The third-order valence-corrected chi connectivity index (χ3v) is 6.53. The highest BCUT2D eigenvalue weighted by molar-refractivity contribution is 7.14. The molecule has 0 saturated carbocycles. The summed E-state index contributed by atoms with van der Waals surface area (Å²) in [5.41, 5.74) is 4.92. The second kappa shape index (κ2) is 10.0. The Morgan fingerprint density at radius 3 is 2.82 bits per heavy atom. The molecule has 1 aliphatic heterocycles. The molecule has 2 aromatic heterocycles. The minimum Gasteiger partial charge on any atom is -0.507 e. The van der Waals surface area contributed by atoms with Crippen LogP contribution < -0.4 is 10.1 Å². The summed E-state index contributed by atoms with van der Waals surface area (Å²) < 4.78 is 10.6. The van der Waals surface area contributed by atoms with Gasteiger partial charge >= 0.3 is 5.97 Å². The summed E-state index contributed by atoms with van der Waals surface area (Å²) in [4.78, 5) is 32.9. The number of pyridine rings is 1. The zero-order chi connectivity index (χ0) is 24.2. The van der Waals surface area contributed by atoms with Crippen LogP contribution in [0.2, 0.25) is 0 Å². The van der Waals surface area contributed by atoms with E-state index in [1.807, 2.05) is 37.4 Å². The van der Waals surface area contributed by atoms with E-state index in [9.17, 15) is 14.7 Å². The maximum absolute atomic E-state index is 12.4. The molecule has 4 rings (SSSR count). The van der Waals surface area contributed by atoms with Crippen LogP contribution in [-0.4, -0.2) is 34.1 Å². The fourth-order valence-corrected chi connectivity index (χ4v) is 4.62. The van der Waals surface area contributed by atoms with Crippen molar-refractivity contribution in [2.24, 2.45) is 0 Å². The van der Waals surface area contributed by atoms with E-state index >= 15 is 0 Å². The van der Waals surface area contributed by atoms with Gasteiger partial charge in [-0.3, -0.25) is 9.78 Å². The van der Waals surface area contributed by atoms with Crippen LogP contribution in [-0.2, 0) is 22.6 Å². The molecule has 0 saturated heterocycles. The van der Waals surface area contributed by atoms with Gasteiger partial charge in [0.25, 0.3) is 0 Å². The Bertz CT molecular complexity index is 1270. The third kappa shape index (κ3) is 4.79. The average Bonchev–Trinajstić information content (AvgIpc) is 3.46. The van der Waals surface area contributed by atoms with Crippen molar-refractivity contribution in [3.8, 4) is 22.8 Å². The number of aromatic hydroxyl groups is 1. The van der Waals surface area contributed by atoms with Crippen molar-refractivity contribution in [3.63, 3.8) is 0 Å². The number of ether oxygens (including phenoxy) is 2. The molecule has 0 atom stereocenters. The van der Waals surface area contributed by atoms with Gasteiger partial charge < -0.3 is 19.9 Å². The van der Waals surface area contributed by atoms with Crippen molar-refractivity contribution in [3.05, 3.63) is 63.8 Å². The number of hydrogen-bond donors (Lipinski definition) is 2. The number of carbonyl (C=O) groups is 2. The third-order valence-electron chi connectivity index (χ3n) is 5.78. The fraction of sp³-hybridized carbons (Fsp3) is 0.280. The van der Waals surface area contributed by atoms with Crippen molar-refractivity contribution in [1.82, 2.24) is 9.97 Å². The lowest BCUT2D eigenvalue weighted by molar-refractivity contribution is -0.116. The van der Waals surface area contributed by atoms with Gasteiger partial charge in [-0.15, -0.1) is 11.3 Å². The van der Waals surface area contributed by atoms with E-state index in [0.29, 0.717) is 41.3 Å². The van der Waals surface area contributed by atoms with E-state index in [4.69, 9.17) is 9.47 Å². The second-order valence-corrected chi connectivity index (χ2v) is 8.85. The van der Waals surface area contributed by atoms with Gasteiger partial charge in [0.1, 0.15) is 23.7 Å². The molecule has 0 radical (unpaired) electrons. The van der Waals surface area contributed by atoms with E-state index in [-0.39, 0.29) is 23.8 Å². The van der Waals surface area contributed by atoms with Crippen LogP contribution in [0.5, 0.6) is 11.5 Å². The molecule has 0 bridgehead atoms. The van der Waals surface area contributed by atoms with Crippen LogP contribution >= 0.6 is 11.3 Å². The molecule has 0 spiro atoms. The minimum atomic E-state index is -0.522. The number of thiazole rings is 1. The van der Waals surface area contributed by atoms with Crippen molar-refractivity contribution >= 4 is 28.3 Å². The Labute approximate surface area is 201 Å². The van der Waals surface area contributed by atoms with Gasteiger partial charge in [0.05, 0.1) is 12.8 Å². The number of nitrogens with zero attached hydrogens (tertiary/aromatic N) is 2. The highest BCUT2D eigenvalue weighted by Gasteiger charge is 2.31. The smallest absolute Gasteiger partial charge is 0.342 e. The lowest BCUT2D eigenvalue weighted by Crippen LogP contribution is -2.11. The molecule has 176 valence electrons. The SMILES string of the molecule is COc1c(C)c2c(c(O)c1CC=C(C)CCC(=O)Nc1nc(-c3ccncc3)cs1)C(=O)OC2. The number of nitrogens with one attached hydrogen (secondary N) is 1. The Morgan fingerprint density at radius 1 is 1.32 bits per heavy atom. The Kier molecular flexibility index (Phi) is 6.93. The summed E-state index contributed by atoms with van der Waals surface area (Å²) in [6, 6.07) is 3.74. The van der Waals surface area contributed by atoms with E-state index in [0.717, 1.165) is 22.4 Å². The van der Waals surface area contributed by atoms with Crippen molar-refractivity contribution in [1.29, 1.82) is 0 Å². The van der Waals surface area contributed by atoms with E-state index in [1.54, 1.807) is 12.4 Å². The standard InChI is InChI=1S/C25H25N3O5S/c1-14(4-6-17-22(30)21-18(12-33-24(21)31)15(2)23(17)32-3)5-7-20(29)28-25-27-19(13-34-25)16-8-10-26-11-9-16/h4,8-11,13,30H,5-7,12H2,1-3H3,(H,27,28,29). The Balaban J connectivity index is 1.38. The summed E-state index contributed by atoms with van der Waals surface area (Å²) in [7, 11) is 1.54. The predicted octanol–water partition coefficient (Wildman–Crippen LogP) is 4.81. The van der Waals surface area contributed by atoms with Crippen LogP contribution in [0.3, 0.4) is 0 Å². The van der Waals surface area contributed by atoms with Gasteiger partial charge in [0.15, 0.2) is 5.13 Å². The summed E-state index contributed by atoms with van der Waals surface area (Å²) in [5, 5.41) is 16.0. The molecule has 0 aliphatic carbocycles. The number of amides is 1. The number of fused-ring (bicyclic) bond motifs is 1. The number of benzene rings is 1. The molecule has 1 aliphatic rings. The van der Waals surface area contributed by atoms with Crippen LogP contribution in [0.15, 0.2) is 41.6 Å². The molecule has 8 nitrogen and oxygen atoms in total. The monoisotopic (exact) mass is 479 g/mol. The van der Waals surface area contributed by atoms with Crippen molar-refractivity contribution in [2.45, 2.75) is 39.7 Å². The highest BCUT2D eigenvalue weighted by Crippen LogP contribution is 2.42. The first-order valence-corrected chi connectivity index (χ1v) is 11.7. The maximum atomic E-state index is 12.4. The lowest BCUT2D eigenvalue weighted by Gasteiger charge is -2.15. The molecule has 0 unspecified atom stereocenters.